The van der Waals surface area contributed by atoms with Crippen molar-refractivity contribution < 1.29 is 0 Å². The Labute approximate surface area is 333 Å². The van der Waals surface area contributed by atoms with E-state index in [2.05, 4.69) is 216 Å². The van der Waals surface area contributed by atoms with Crippen LogP contribution >= 0.6 is 0 Å². The minimum absolute atomic E-state index is 0.0329. The molecule has 0 saturated heterocycles. The van der Waals surface area contributed by atoms with Crippen LogP contribution in [0.3, 0.4) is 0 Å². The van der Waals surface area contributed by atoms with Gasteiger partial charge in [0, 0.05) is 16.7 Å². The summed E-state index contributed by atoms with van der Waals surface area (Å²) in [7, 11) is 0. The molecule has 0 radical (unpaired) electrons. The molecule has 0 aliphatic carbocycles. The van der Waals surface area contributed by atoms with E-state index in [9.17, 15) is 0 Å². The maximum absolute atomic E-state index is 5.46. The first-order valence-electron chi connectivity index (χ1n) is 19.7. The number of rotatable bonds is 9. The minimum Gasteiger partial charge on any atom is -0.361 e. The molecule has 0 fully saturated rings. The van der Waals surface area contributed by atoms with Gasteiger partial charge in [-0.05, 0) is 51.6 Å². The molecule has 3 heterocycles. The summed E-state index contributed by atoms with van der Waals surface area (Å²) in [5.41, 5.74) is 10.0. The molecule has 276 valence electrons. The fourth-order valence-corrected chi connectivity index (χ4v) is 8.47. The molecule has 3 aliphatic rings. The average molecular weight is 739 g/mol. The number of benzene rings is 7. The summed E-state index contributed by atoms with van der Waals surface area (Å²) in [4.78, 5) is 16.4. The van der Waals surface area contributed by atoms with Gasteiger partial charge in [-0.2, -0.15) is 0 Å². The van der Waals surface area contributed by atoms with Gasteiger partial charge in [0.25, 0.3) is 0 Å². The van der Waals surface area contributed by atoms with E-state index in [1.54, 1.807) is 0 Å². The summed E-state index contributed by atoms with van der Waals surface area (Å²) < 4.78 is 0. The van der Waals surface area contributed by atoms with E-state index in [0.29, 0.717) is 0 Å². The molecule has 0 bridgehead atoms. The lowest BCUT2D eigenvalue weighted by molar-refractivity contribution is 0.572. The Hall–Kier alpha value is -7.05. The zero-order valence-corrected chi connectivity index (χ0v) is 31.4. The van der Waals surface area contributed by atoms with Crippen LogP contribution in [0.5, 0.6) is 0 Å². The van der Waals surface area contributed by atoms with Crippen LogP contribution in [-0.4, -0.2) is 17.5 Å². The topological polar surface area (TPSA) is 73.2 Å². The zero-order chi connectivity index (χ0) is 38.0. The molecule has 6 heteroatoms. The Morgan fingerprint density at radius 1 is 0.263 bits per heavy atom. The normalized spacial score (nSPS) is 22.4. The van der Waals surface area contributed by atoms with Crippen molar-refractivity contribution in [3.8, 4) is 0 Å². The molecular weight excluding hydrogens is 697 g/mol. The highest BCUT2D eigenvalue weighted by Gasteiger charge is 2.36. The van der Waals surface area contributed by atoms with Crippen LogP contribution in [-0.2, 0) is 0 Å². The van der Waals surface area contributed by atoms with Crippen molar-refractivity contribution in [2.24, 2.45) is 15.0 Å². The van der Waals surface area contributed by atoms with Gasteiger partial charge in [0.05, 0.1) is 18.1 Å². The SMILES string of the molecule is c1ccc(C2N=C(c3cc(C4=NC(c5ccccc5)C(c5ccccc5)N4)cc(C4=NC(c5ccccc5)C(c5ccccc5)N4)c3)NC2c2ccccc2)cc1. The van der Waals surface area contributed by atoms with Gasteiger partial charge in [-0.1, -0.05) is 182 Å². The number of amidine groups is 3. The van der Waals surface area contributed by atoms with E-state index in [1.807, 2.05) is 0 Å². The second-order valence-electron chi connectivity index (χ2n) is 14.9. The van der Waals surface area contributed by atoms with Crippen LogP contribution in [0.1, 0.15) is 86.3 Å². The highest BCUT2D eigenvalue weighted by Crippen LogP contribution is 2.41. The third-order valence-corrected chi connectivity index (χ3v) is 11.3. The van der Waals surface area contributed by atoms with E-state index < -0.39 is 0 Å². The number of nitrogens with zero attached hydrogens (tertiary/aromatic N) is 3. The maximum Gasteiger partial charge on any atom is 0.129 e. The third-order valence-electron chi connectivity index (χ3n) is 11.3. The van der Waals surface area contributed by atoms with Crippen LogP contribution in [0.2, 0.25) is 0 Å². The van der Waals surface area contributed by atoms with Crippen molar-refractivity contribution in [1.82, 2.24) is 16.0 Å². The fraction of sp³-hybridized carbons (Fsp3) is 0.118. The molecule has 0 spiro atoms. The number of hydrogen-bond donors (Lipinski definition) is 3. The lowest BCUT2D eigenvalue weighted by Gasteiger charge is -2.20. The smallest absolute Gasteiger partial charge is 0.129 e. The molecule has 3 aliphatic heterocycles. The van der Waals surface area contributed by atoms with Crippen LogP contribution < -0.4 is 16.0 Å². The molecule has 3 N–H and O–H groups in total. The van der Waals surface area contributed by atoms with Crippen molar-refractivity contribution >= 4 is 17.5 Å². The molecule has 6 nitrogen and oxygen atoms in total. The minimum atomic E-state index is -0.102. The molecule has 6 atom stereocenters. The van der Waals surface area contributed by atoms with E-state index in [-0.39, 0.29) is 36.3 Å². The quantitative estimate of drug-likeness (QED) is 0.138. The Kier molecular flexibility index (Phi) is 9.21. The maximum atomic E-state index is 5.46. The predicted molar refractivity (Wildman–Crippen MR) is 231 cm³/mol. The lowest BCUT2D eigenvalue weighted by Crippen LogP contribution is -2.29. The van der Waals surface area contributed by atoms with Crippen molar-refractivity contribution in [3.63, 3.8) is 0 Å². The molecule has 57 heavy (non-hydrogen) atoms. The molecular formula is C51H42N6. The second kappa shape index (κ2) is 15.2. The Morgan fingerprint density at radius 3 is 0.702 bits per heavy atom. The van der Waals surface area contributed by atoms with E-state index >= 15 is 0 Å². The molecule has 0 aromatic heterocycles. The molecule has 0 amide bonds. The monoisotopic (exact) mass is 738 g/mol. The van der Waals surface area contributed by atoms with Gasteiger partial charge in [-0.15, -0.1) is 0 Å². The first-order chi connectivity index (χ1) is 28.2. The number of nitrogens with one attached hydrogen (secondary N) is 3. The van der Waals surface area contributed by atoms with Gasteiger partial charge < -0.3 is 16.0 Å². The van der Waals surface area contributed by atoms with Crippen molar-refractivity contribution in [1.29, 1.82) is 0 Å². The van der Waals surface area contributed by atoms with Crippen molar-refractivity contribution in [2.45, 2.75) is 36.3 Å². The van der Waals surface area contributed by atoms with Gasteiger partial charge >= 0.3 is 0 Å². The first-order valence-corrected chi connectivity index (χ1v) is 19.7. The Balaban J connectivity index is 1.11. The Morgan fingerprint density at radius 2 is 0.474 bits per heavy atom. The van der Waals surface area contributed by atoms with Crippen LogP contribution in [0, 0.1) is 0 Å². The van der Waals surface area contributed by atoms with E-state index in [0.717, 1.165) is 34.2 Å². The van der Waals surface area contributed by atoms with E-state index in [4.69, 9.17) is 15.0 Å². The second-order valence-corrected chi connectivity index (χ2v) is 14.9. The standard InChI is InChI=1S/C51H42N6/c1-7-19-34(20-8-1)43-44(35-21-9-2-10-22-35)53-49(52-43)40-31-41(50-54-45(36-23-11-3-12-24-36)46(55-50)37-25-13-4-14-26-37)33-42(32-40)51-56-47(38-27-15-5-16-28-38)48(57-51)39-29-17-6-18-30-39/h1-33,43-48H,(H,52,53)(H,54,55)(H,56,57). The van der Waals surface area contributed by atoms with Gasteiger partial charge in [-0.3, -0.25) is 15.0 Å². The highest BCUT2D eigenvalue weighted by molar-refractivity contribution is 6.10. The molecule has 7 aromatic carbocycles. The van der Waals surface area contributed by atoms with Crippen molar-refractivity contribution in [3.05, 3.63) is 250 Å². The summed E-state index contributed by atoms with van der Waals surface area (Å²) in [6, 6.07) is 69.9. The van der Waals surface area contributed by atoms with Gasteiger partial charge in [-0.25, -0.2) is 0 Å². The molecule has 7 aromatic rings. The third kappa shape index (κ3) is 6.91. The largest absolute Gasteiger partial charge is 0.361 e. The molecule has 6 unspecified atom stereocenters. The van der Waals surface area contributed by atoms with Crippen LogP contribution in [0.4, 0.5) is 0 Å². The van der Waals surface area contributed by atoms with E-state index in [1.165, 1.54) is 33.4 Å². The van der Waals surface area contributed by atoms with Crippen LogP contribution in [0.15, 0.2) is 215 Å². The van der Waals surface area contributed by atoms with Crippen molar-refractivity contribution in [2.75, 3.05) is 0 Å². The van der Waals surface area contributed by atoms with Gasteiger partial charge in [0.1, 0.15) is 35.6 Å². The van der Waals surface area contributed by atoms with Gasteiger partial charge in [0.15, 0.2) is 0 Å². The highest BCUT2D eigenvalue weighted by atomic mass is 15.2. The predicted octanol–water partition coefficient (Wildman–Crippen LogP) is 10.2. The summed E-state index contributed by atoms with van der Waals surface area (Å²) >= 11 is 0. The van der Waals surface area contributed by atoms with Crippen LogP contribution in [0.25, 0.3) is 0 Å². The molecule has 10 rings (SSSR count). The number of hydrogen-bond acceptors (Lipinski definition) is 6. The zero-order valence-electron chi connectivity index (χ0n) is 31.4. The summed E-state index contributed by atoms with van der Waals surface area (Å²) in [6.07, 6.45) is 0. The first kappa shape index (κ1) is 34.4. The lowest BCUT2D eigenvalue weighted by atomic mass is 9.95. The fourth-order valence-electron chi connectivity index (χ4n) is 8.47. The Bertz CT molecular complexity index is 2260. The summed E-state index contributed by atoms with van der Waals surface area (Å²) in [5, 5.41) is 11.6. The molecule has 0 saturated carbocycles. The van der Waals surface area contributed by atoms with Gasteiger partial charge in [0.2, 0.25) is 0 Å². The summed E-state index contributed by atoms with van der Waals surface area (Å²) in [6.45, 7) is 0. The average Bonchev–Trinajstić information content (AvgIpc) is 4.07. The number of aliphatic imine (C=N–C) groups is 3. The summed E-state index contributed by atoms with van der Waals surface area (Å²) in [5.74, 6) is 2.53.